The smallest absolute Gasteiger partial charge is 0.391 e. The van der Waals surface area contributed by atoms with E-state index < -0.39 is 80.5 Å². The number of nitrogens with zero attached hydrogens (tertiary/aromatic N) is 4. The molecular weight excluding hydrogens is 886 g/mol. The number of carbonyl (C=O) groups excluding carboxylic acids is 4. The molecule has 4 amide bonds. The van der Waals surface area contributed by atoms with Crippen LogP contribution in [0.5, 0.6) is 11.5 Å². The summed E-state index contributed by atoms with van der Waals surface area (Å²) in [5.74, 6) is -4.04. The molecule has 5 aliphatic rings. The number of aryl methyl sites for hydroxylation is 1. The number of piperidine rings is 1. The monoisotopic (exact) mass is 942 g/mol. The van der Waals surface area contributed by atoms with E-state index in [4.69, 9.17) is 19.4 Å². The Hall–Kier alpha value is -4.78. The molecule has 65 heavy (non-hydrogen) atoms. The van der Waals surface area contributed by atoms with Gasteiger partial charge in [0.15, 0.2) is 0 Å². The summed E-state index contributed by atoms with van der Waals surface area (Å²) in [5.41, 5.74) is 1.27. The number of benzene rings is 1. The van der Waals surface area contributed by atoms with E-state index in [0.717, 1.165) is 17.7 Å². The molecule has 0 radical (unpaired) electrons. The summed E-state index contributed by atoms with van der Waals surface area (Å²) in [6, 6.07) is 4.25. The number of methoxy groups -OCH3 is 1. The number of halogens is 3. The Bertz CT molecular complexity index is 2470. The molecule has 2 aliphatic carbocycles. The van der Waals surface area contributed by atoms with Gasteiger partial charge in [0.1, 0.15) is 39.9 Å². The Kier molecular flexibility index (Phi) is 13.3. The number of alkyl halides is 3. The van der Waals surface area contributed by atoms with Crippen LogP contribution in [0.4, 0.5) is 13.2 Å². The number of sulfonamides is 1. The lowest BCUT2D eigenvalue weighted by Crippen LogP contribution is -2.57. The lowest BCUT2D eigenvalue weighted by Gasteiger charge is -2.34. The molecule has 352 valence electrons. The van der Waals surface area contributed by atoms with E-state index in [1.807, 2.05) is 36.6 Å². The number of amides is 4. The van der Waals surface area contributed by atoms with Crippen LogP contribution in [0.15, 0.2) is 35.7 Å². The number of nitrogens with one attached hydrogen (secondary N) is 2. The van der Waals surface area contributed by atoms with Crippen LogP contribution in [-0.4, -0.2) is 108 Å². The van der Waals surface area contributed by atoms with Gasteiger partial charge in [0.25, 0.3) is 5.91 Å². The summed E-state index contributed by atoms with van der Waals surface area (Å²) in [5, 5.41) is 5.54. The number of hydrogen-bond acceptors (Lipinski definition) is 11. The van der Waals surface area contributed by atoms with Gasteiger partial charge in [-0.3, -0.25) is 23.9 Å². The van der Waals surface area contributed by atoms with E-state index in [1.54, 1.807) is 13.2 Å². The van der Waals surface area contributed by atoms with Crippen LogP contribution in [0.3, 0.4) is 0 Å². The van der Waals surface area contributed by atoms with Gasteiger partial charge in [0.05, 0.1) is 36.0 Å². The van der Waals surface area contributed by atoms with Gasteiger partial charge >= 0.3 is 6.18 Å². The molecule has 0 spiro atoms. The van der Waals surface area contributed by atoms with Crippen molar-refractivity contribution in [3.05, 3.63) is 47.0 Å². The van der Waals surface area contributed by atoms with Gasteiger partial charge in [-0.05, 0) is 76.3 Å². The Balaban J connectivity index is 1.12. The van der Waals surface area contributed by atoms with Crippen LogP contribution in [0, 0.1) is 24.7 Å². The molecule has 5 atom stereocenters. The lowest BCUT2D eigenvalue weighted by molar-refractivity contribution is -0.186. The molecule has 1 aromatic carbocycles. The van der Waals surface area contributed by atoms with Crippen LogP contribution in [-0.2, 0) is 29.2 Å². The molecular formula is C46H57F3N6O8S2. The van der Waals surface area contributed by atoms with E-state index in [9.17, 15) is 40.8 Å². The van der Waals surface area contributed by atoms with Crippen molar-refractivity contribution in [2.24, 2.45) is 17.8 Å². The Morgan fingerprint density at radius 1 is 1.05 bits per heavy atom. The van der Waals surface area contributed by atoms with Gasteiger partial charge in [-0.2, -0.15) is 13.2 Å². The van der Waals surface area contributed by atoms with E-state index in [1.165, 1.54) is 21.1 Å². The first-order chi connectivity index (χ1) is 30.9. The zero-order valence-electron chi connectivity index (χ0n) is 37.1. The third-order valence-corrected chi connectivity index (χ3v) is 16.4. The molecule has 2 saturated heterocycles. The van der Waals surface area contributed by atoms with E-state index in [2.05, 4.69) is 23.9 Å². The fraction of sp³-hybridized carbons (Fsp3) is 0.609. The first-order valence-corrected chi connectivity index (χ1v) is 25.1. The normalized spacial score (nSPS) is 26.0. The highest BCUT2D eigenvalue weighted by molar-refractivity contribution is 7.91. The maximum Gasteiger partial charge on any atom is 0.391 e. The fourth-order valence-electron chi connectivity index (χ4n) is 9.43. The standard InChI is InChI=1S/C46H57F3N6O8S2/c1-26(2)35-25-64-42(51-35)34-22-38(33-14-15-37(62-4)27(3)40(33)50-34)63-31-21-36-41(57)52-45(44(59)53-65(60,61)32-12-13-32)23-30(45)11-9-7-5-6-8-10-28(43(58)55(36)24-31)20-39(56)54-18-16-29(17-19-54)46(47,48)49/h9,11,14-15,22,25-26,28-32,36H,5-8,10,12-13,16-21,23-24H2,1-4H3,(H,52,57)(H,53,59)/t28-,30?,31-,36+,45-/m1/s1. The second kappa shape index (κ2) is 18.5. The molecule has 19 heteroatoms. The SMILES string of the molecule is COc1ccc2c(O[C@@H]3C[C@H]4C(=O)N[C@]5(C(=O)NS(=O)(=O)C6CC6)CC5C=CCCCCC[C@H](CC(=O)N5CCC(C(F)(F)F)CC5)C(=O)N4C3)cc(-c3nc(C(C)C)cs3)nc2c1C. The number of aromatic nitrogens is 2. The Morgan fingerprint density at radius 2 is 1.80 bits per heavy atom. The number of thiazole rings is 1. The van der Waals surface area contributed by atoms with Gasteiger partial charge in [-0.15, -0.1) is 11.3 Å². The highest BCUT2D eigenvalue weighted by Gasteiger charge is 2.62. The molecule has 8 rings (SSSR count). The minimum absolute atomic E-state index is 0.00912. The number of hydrogen-bond donors (Lipinski definition) is 2. The lowest BCUT2D eigenvalue weighted by atomic mass is 9.92. The second-order valence-electron chi connectivity index (χ2n) is 18.6. The van der Waals surface area contributed by atoms with E-state index >= 15 is 0 Å². The number of allylic oxidation sites excluding steroid dienone is 1. The van der Waals surface area contributed by atoms with Crippen molar-refractivity contribution in [1.29, 1.82) is 0 Å². The maximum absolute atomic E-state index is 15.0. The van der Waals surface area contributed by atoms with Crippen molar-refractivity contribution >= 4 is 55.9 Å². The van der Waals surface area contributed by atoms with Crippen LogP contribution < -0.4 is 19.5 Å². The molecule has 1 unspecified atom stereocenters. The van der Waals surface area contributed by atoms with E-state index in [0.29, 0.717) is 71.6 Å². The third-order valence-electron chi connectivity index (χ3n) is 13.7. The Labute approximate surface area is 381 Å². The average Bonchev–Trinajstić information content (AvgIpc) is 4.14. The summed E-state index contributed by atoms with van der Waals surface area (Å²) in [4.78, 5) is 70.1. The second-order valence-corrected chi connectivity index (χ2v) is 21.4. The largest absolute Gasteiger partial charge is 0.496 e. The number of ether oxygens (including phenoxy) is 2. The zero-order valence-corrected chi connectivity index (χ0v) is 38.8. The van der Waals surface area contributed by atoms with Crippen molar-refractivity contribution < 1.29 is 50.2 Å². The van der Waals surface area contributed by atoms with Gasteiger partial charge in [0.2, 0.25) is 27.7 Å². The topological polar surface area (TPSA) is 177 Å². The minimum Gasteiger partial charge on any atom is -0.496 e. The molecule has 0 bridgehead atoms. The van der Waals surface area contributed by atoms with Crippen molar-refractivity contribution in [3.63, 3.8) is 0 Å². The molecule has 3 aliphatic heterocycles. The molecule has 3 aromatic rings. The van der Waals surface area contributed by atoms with Gasteiger partial charge < -0.3 is 24.6 Å². The minimum atomic E-state index is -4.35. The fourth-order valence-corrected chi connectivity index (χ4v) is 11.7. The first-order valence-electron chi connectivity index (χ1n) is 22.7. The molecule has 2 N–H and O–H groups in total. The van der Waals surface area contributed by atoms with Crippen LogP contribution in [0.2, 0.25) is 0 Å². The highest BCUT2D eigenvalue weighted by Crippen LogP contribution is 2.47. The van der Waals surface area contributed by atoms with Crippen molar-refractivity contribution in [3.8, 4) is 22.2 Å². The maximum atomic E-state index is 15.0. The van der Waals surface area contributed by atoms with Crippen LogP contribution in [0.25, 0.3) is 21.6 Å². The zero-order chi connectivity index (χ0) is 46.4. The predicted octanol–water partition coefficient (Wildman–Crippen LogP) is 6.96. The molecule has 4 fully saturated rings. The van der Waals surface area contributed by atoms with Crippen molar-refractivity contribution in [2.45, 2.75) is 133 Å². The van der Waals surface area contributed by atoms with Gasteiger partial charge in [0, 0.05) is 60.2 Å². The van der Waals surface area contributed by atoms with Crippen molar-refractivity contribution in [1.82, 2.24) is 29.8 Å². The summed E-state index contributed by atoms with van der Waals surface area (Å²) in [6.45, 7) is 5.78. The van der Waals surface area contributed by atoms with Crippen LogP contribution in [0.1, 0.15) is 108 Å². The summed E-state index contributed by atoms with van der Waals surface area (Å²) < 4.78 is 81.2. The number of carbonyl (C=O) groups is 4. The summed E-state index contributed by atoms with van der Waals surface area (Å²) in [6.07, 6.45) is 1.95. The van der Waals surface area contributed by atoms with Gasteiger partial charge in [-0.25, -0.2) is 18.4 Å². The quantitative estimate of drug-likeness (QED) is 0.202. The summed E-state index contributed by atoms with van der Waals surface area (Å²) >= 11 is 1.45. The number of fused-ring (bicyclic) bond motifs is 3. The molecule has 14 nitrogen and oxygen atoms in total. The van der Waals surface area contributed by atoms with E-state index in [-0.39, 0.29) is 57.7 Å². The number of likely N-dealkylation sites (tertiary alicyclic amines) is 1. The molecule has 2 saturated carbocycles. The predicted molar refractivity (Wildman–Crippen MR) is 238 cm³/mol. The first kappa shape index (κ1) is 46.7. The number of pyridine rings is 1. The molecule has 2 aromatic heterocycles. The number of rotatable bonds is 10. The third kappa shape index (κ3) is 10.0. The Morgan fingerprint density at radius 3 is 2.48 bits per heavy atom. The average molecular weight is 943 g/mol. The van der Waals surface area contributed by atoms with Crippen LogP contribution >= 0.6 is 11.3 Å². The molecule has 5 heterocycles. The highest BCUT2D eigenvalue weighted by atomic mass is 32.2. The van der Waals surface area contributed by atoms with Crippen molar-refractivity contribution in [2.75, 3.05) is 26.7 Å². The summed E-state index contributed by atoms with van der Waals surface area (Å²) in [7, 11) is -2.39. The van der Waals surface area contributed by atoms with Gasteiger partial charge in [-0.1, -0.05) is 38.8 Å².